The third-order valence-corrected chi connectivity index (χ3v) is 5.50. The molecule has 0 radical (unpaired) electrons. The second-order valence-electron chi connectivity index (χ2n) is 7.87. The maximum absolute atomic E-state index is 12.6. The lowest BCUT2D eigenvalue weighted by Crippen LogP contribution is -2.47. The highest BCUT2D eigenvalue weighted by Gasteiger charge is 2.36. The number of rotatable bonds is 7. The van der Waals surface area contributed by atoms with Gasteiger partial charge < -0.3 is 25.9 Å². The fourth-order valence-corrected chi connectivity index (χ4v) is 4.09. The second-order valence-corrected chi connectivity index (χ2v) is 7.87. The Morgan fingerprint density at radius 1 is 1.09 bits per heavy atom. The first-order chi connectivity index (χ1) is 15.4. The summed E-state index contributed by atoms with van der Waals surface area (Å²) in [5.74, 6) is 0.0363. The fourth-order valence-electron chi connectivity index (χ4n) is 4.09. The summed E-state index contributed by atoms with van der Waals surface area (Å²) >= 11 is 0. The van der Waals surface area contributed by atoms with E-state index in [-0.39, 0.29) is 18.2 Å². The van der Waals surface area contributed by atoms with Crippen LogP contribution in [-0.2, 0) is 13.0 Å². The zero-order valence-corrected chi connectivity index (χ0v) is 17.4. The molecule has 1 saturated carbocycles. The van der Waals surface area contributed by atoms with Crippen LogP contribution in [0.1, 0.15) is 47.6 Å². The molecule has 0 saturated heterocycles. The van der Waals surface area contributed by atoms with Crippen molar-refractivity contribution in [2.75, 3.05) is 5.73 Å². The number of furan rings is 1. The summed E-state index contributed by atoms with van der Waals surface area (Å²) in [6, 6.07) is 10.5. The number of carboxylic acid groups (broad SMARTS) is 1. The zero-order valence-electron chi connectivity index (χ0n) is 17.4. The Balaban J connectivity index is 1.43. The Bertz CT molecular complexity index is 1110. The Kier molecular flexibility index (Phi) is 6.02. The molecule has 1 aliphatic carbocycles. The highest BCUT2D eigenvalue weighted by atomic mass is 16.4. The van der Waals surface area contributed by atoms with Crippen molar-refractivity contribution < 1.29 is 19.1 Å². The van der Waals surface area contributed by atoms with Crippen molar-refractivity contribution in [1.29, 1.82) is 0 Å². The van der Waals surface area contributed by atoms with Crippen LogP contribution in [0.2, 0.25) is 0 Å². The smallest absolute Gasteiger partial charge is 0.405 e. The predicted molar refractivity (Wildman–Crippen MR) is 116 cm³/mol. The molecule has 166 valence electrons. The average molecular weight is 436 g/mol. The Labute approximate surface area is 184 Å². The number of hydrogen-bond acceptors (Lipinski definition) is 7. The number of nitrogens with two attached hydrogens (primary N) is 1. The van der Waals surface area contributed by atoms with E-state index in [1.807, 2.05) is 12.1 Å². The summed E-state index contributed by atoms with van der Waals surface area (Å²) in [6.07, 6.45) is 4.54. The van der Waals surface area contributed by atoms with Crippen LogP contribution in [0.5, 0.6) is 0 Å². The average Bonchev–Trinajstić information content (AvgIpc) is 3.44. The summed E-state index contributed by atoms with van der Waals surface area (Å²) in [4.78, 5) is 36.6. The lowest BCUT2D eigenvalue weighted by atomic mass is 9.91. The molecule has 0 unspecified atom stereocenters. The van der Waals surface area contributed by atoms with E-state index >= 15 is 0 Å². The van der Waals surface area contributed by atoms with Gasteiger partial charge in [-0.25, -0.2) is 14.8 Å². The lowest BCUT2D eigenvalue weighted by Gasteiger charge is -2.28. The van der Waals surface area contributed by atoms with Crippen molar-refractivity contribution in [3.63, 3.8) is 0 Å². The van der Waals surface area contributed by atoms with E-state index in [1.54, 1.807) is 18.2 Å². The number of anilines is 1. The SMILES string of the molecule is Nc1nc(C(=O)NCc2cccc(CC3(NC(=O)O)CCCC3)n2)cc(-c2ccco2)n1. The third-order valence-electron chi connectivity index (χ3n) is 5.50. The van der Waals surface area contributed by atoms with Gasteiger partial charge in [-0.2, -0.15) is 0 Å². The number of aromatic nitrogens is 3. The zero-order chi connectivity index (χ0) is 22.6. The van der Waals surface area contributed by atoms with Gasteiger partial charge in [0.05, 0.1) is 18.5 Å². The fraction of sp³-hybridized carbons (Fsp3) is 0.318. The minimum absolute atomic E-state index is 0.0306. The molecule has 1 aliphatic rings. The highest BCUT2D eigenvalue weighted by molar-refractivity contribution is 5.93. The third kappa shape index (κ3) is 5.02. The van der Waals surface area contributed by atoms with Crippen LogP contribution in [0.4, 0.5) is 10.7 Å². The summed E-state index contributed by atoms with van der Waals surface area (Å²) in [6.45, 7) is 0.187. The van der Waals surface area contributed by atoms with E-state index in [2.05, 4.69) is 25.6 Å². The molecule has 3 heterocycles. The van der Waals surface area contributed by atoms with Crippen LogP contribution in [0, 0.1) is 0 Å². The van der Waals surface area contributed by atoms with E-state index in [1.165, 1.54) is 12.3 Å². The van der Waals surface area contributed by atoms with Crippen molar-refractivity contribution in [1.82, 2.24) is 25.6 Å². The van der Waals surface area contributed by atoms with Crippen LogP contribution in [-0.4, -0.2) is 37.6 Å². The van der Waals surface area contributed by atoms with Gasteiger partial charge in [0.15, 0.2) is 5.76 Å². The van der Waals surface area contributed by atoms with Crippen molar-refractivity contribution in [3.05, 3.63) is 59.7 Å². The second kappa shape index (κ2) is 9.04. The molecule has 0 aliphatic heterocycles. The summed E-state index contributed by atoms with van der Waals surface area (Å²) in [7, 11) is 0. The molecule has 2 amide bonds. The monoisotopic (exact) mass is 436 g/mol. The number of pyridine rings is 1. The molecular formula is C22H24N6O4. The first-order valence-corrected chi connectivity index (χ1v) is 10.4. The molecule has 4 rings (SSSR count). The number of hydrogen-bond donors (Lipinski definition) is 4. The molecule has 3 aromatic heterocycles. The maximum atomic E-state index is 12.6. The van der Waals surface area contributed by atoms with Gasteiger partial charge >= 0.3 is 6.09 Å². The van der Waals surface area contributed by atoms with Crippen molar-refractivity contribution in [2.45, 2.75) is 44.2 Å². The molecule has 3 aromatic rings. The molecule has 5 N–H and O–H groups in total. The van der Waals surface area contributed by atoms with E-state index in [0.717, 1.165) is 31.4 Å². The Hall–Kier alpha value is -3.95. The first-order valence-electron chi connectivity index (χ1n) is 10.4. The van der Waals surface area contributed by atoms with Gasteiger partial charge in [0.25, 0.3) is 5.91 Å². The van der Waals surface area contributed by atoms with Crippen LogP contribution in [0.15, 0.2) is 47.1 Å². The minimum Gasteiger partial charge on any atom is -0.465 e. The van der Waals surface area contributed by atoms with Crippen LogP contribution in [0.3, 0.4) is 0 Å². The maximum Gasteiger partial charge on any atom is 0.405 e. The van der Waals surface area contributed by atoms with Gasteiger partial charge in [0.2, 0.25) is 5.95 Å². The number of carbonyl (C=O) groups is 2. The first kappa shape index (κ1) is 21.3. The molecule has 0 atom stereocenters. The minimum atomic E-state index is -1.02. The number of nitrogens with zero attached hydrogens (tertiary/aromatic N) is 3. The van der Waals surface area contributed by atoms with Gasteiger partial charge in [0, 0.05) is 17.7 Å². The Morgan fingerprint density at radius 3 is 2.59 bits per heavy atom. The Morgan fingerprint density at radius 2 is 1.88 bits per heavy atom. The molecule has 0 spiro atoms. The largest absolute Gasteiger partial charge is 0.465 e. The van der Waals surface area contributed by atoms with E-state index < -0.39 is 17.5 Å². The number of nitrogens with one attached hydrogen (secondary N) is 2. The number of nitrogen functional groups attached to an aromatic ring is 1. The van der Waals surface area contributed by atoms with E-state index in [4.69, 9.17) is 10.2 Å². The quantitative estimate of drug-likeness (QED) is 0.440. The molecule has 0 aromatic carbocycles. The molecule has 1 fully saturated rings. The van der Waals surface area contributed by atoms with Gasteiger partial charge in [-0.05, 0) is 43.2 Å². The topological polar surface area (TPSA) is 156 Å². The van der Waals surface area contributed by atoms with Crippen molar-refractivity contribution in [3.8, 4) is 11.5 Å². The van der Waals surface area contributed by atoms with Gasteiger partial charge in [-0.3, -0.25) is 9.78 Å². The van der Waals surface area contributed by atoms with Crippen molar-refractivity contribution >= 4 is 17.9 Å². The van der Waals surface area contributed by atoms with Crippen LogP contribution < -0.4 is 16.4 Å². The molecule has 0 bridgehead atoms. The molecule has 32 heavy (non-hydrogen) atoms. The van der Waals surface area contributed by atoms with Crippen molar-refractivity contribution in [2.24, 2.45) is 0 Å². The van der Waals surface area contributed by atoms with Crippen LogP contribution >= 0.6 is 0 Å². The normalized spacial score (nSPS) is 14.8. The lowest BCUT2D eigenvalue weighted by molar-refractivity contribution is 0.0945. The van der Waals surface area contributed by atoms with E-state index in [0.29, 0.717) is 23.6 Å². The van der Waals surface area contributed by atoms with Gasteiger partial charge in [-0.1, -0.05) is 18.9 Å². The van der Waals surface area contributed by atoms with E-state index in [9.17, 15) is 14.7 Å². The highest BCUT2D eigenvalue weighted by Crippen LogP contribution is 2.32. The van der Waals surface area contributed by atoms with Crippen LogP contribution in [0.25, 0.3) is 11.5 Å². The molecular weight excluding hydrogens is 412 g/mol. The predicted octanol–water partition coefficient (Wildman–Crippen LogP) is 2.77. The van der Waals surface area contributed by atoms with Gasteiger partial charge in [0.1, 0.15) is 11.4 Å². The van der Waals surface area contributed by atoms with Gasteiger partial charge in [-0.15, -0.1) is 0 Å². The number of carbonyl (C=O) groups excluding carboxylic acids is 1. The standard InChI is InChI=1S/C22H24N6O4/c23-20-26-16(18-7-4-10-32-18)11-17(27-20)19(29)24-13-15-6-3-5-14(25-15)12-22(28-21(30)31)8-1-2-9-22/h3-7,10-11,28H,1-2,8-9,12-13H2,(H,24,29)(H,30,31)(H2,23,26,27). The molecule has 10 nitrogen and oxygen atoms in total. The summed E-state index contributed by atoms with van der Waals surface area (Å²) < 4.78 is 5.31. The summed E-state index contributed by atoms with van der Waals surface area (Å²) in [5.41, 5.74) is 7.24. The number of amides is 2. The summed E-state index contributed by atoms with van der Waals surface area (Å²) in [5, 5.41) is 14.7. The molecule has 10 heteroatoms.